The first kappa shape index (κ1) is 11.2. The van der Waals surface area contributed by atoms with E-state index in [1.807, 2.05) is 0 Å². The van der Waals surface area contributed by atoms with E-state index in [0.717, 1.165) is 0 Å². The number of hydrogen-bond donors (Lipinski definition) is 2. The third-order valence-corrected chi connectivity index (χ3v) is 2.05. The van der Waals surface area contributed by atoms with Gasteiger partial charge in [0, 0.05) is 17.7 Å². The van der Waals surface area contributed by atoms with Crippen LogP contribution in [-0.2, 0) is 0 Å². The van der Waals surface area contributed by atoms with Gasteiger partial charge >= 0.3 is 0 Å². The lowest BCUT2D eigenvalue weighted by Crippen LogP contribution is -2.02. The maximum atomic E-state index is 13.4. The number of nitrogens with two attached hydrogens (primary N) is 2. The van der Waals surface area contributed by atoms with Crippen LogP contribution in [0.2, 0.25) is 0 Å². The highest BCUT2D eigenvalue weighted by atomic mass is 19.2. The highest BCUT2D eigenvalue weighted by Gasteiger charge is 2.13. The molecule has 0 fully saturated rings. The summed E-state index contributed by atoms with van der Waals surface area (Å²) in [5, 5.41) is 0. The van der Waals surface area contributed by atoms with Crippen molar-refractivity contribution >= 4 is 11.8 Å². The molecule has 1 aromatic carbocycles. The highest BCUT2D eigenvalue weighted by molar-refractivity contribution is 5.64. The third-order valence-electron chi connectivity index (χ3n) is 2.05. The van der Waals surface area contributed by atoms with E-state index in [1.165, 1.54) is 6.07 Å². The van der Waals surface area contributed by atoms with Crippen LogP contribution in [0.5, 0.6) is 0 Å². The third kappa shape index (κ3) is 2.12. The number of nitrogen functional groups attached to an aromatic ring is 2. The van der Waals surface area contributed by atoms with E-state index in [9.17, 15) is 13.2 Å². The van der Waals surface area contributed by atoms with Gasteiger partial charge in [0.15, 0.2) is 11.6 Å². The summed E-state index contributed by atoms with van der Waals surface area (Å²) in [7, 11) is 0. The first-order valence-corrected chi connectivity index (χ1v) is 4.52. The number of aromatic nitrogens is 2. The Morgan fingerprint density at radius 1 is 0.824 bits per heavy atom. The van der Waals surface area contributed by atoms with Gasteiger partial charge in [-0.3, -0.25) is 0 Å². The van der Waals surface area contributed by atoms with Crippen LogP contribution in [0.1, 0.15) is 0 Å². The molecule has 4 N–H and O–H groups in total. The predicted molar refractivity (Wildman–Crippen MR) is 56.2 cm³/mol. The van der Waals surface area contributed by atoms with Crippen molar-refractivity contribution in [1.82, 2.24) is 9.97 Å². The average Bonchev–Trinajstić information content (AvgIpc) is 2.22. The minimum atomic E-state index is -1.28. The molecule has 17 heavy (non-hydrogen) atoms. The van der Waals surface area contributed by atoms with Crippen molar-refractivity contribution in [2.75, 3.05) is 11.5 Å². The molecule has 0 atom stereocenters. The fourth-order valence-corrected chi connectivity index (χ4v) is 1.34. The second-order valence-electron chi connectivity index (χ2n) is 3.28. The second-order valence-corrected chi connectivity index (χ2v) is 3.28. The quantitative estimate of drug-likeness (QED) is 0.744. The molecule has 7 heteroatoms. The molecule has 0 aliphatic heterocycles. The van der Waals surface area contributed by atoms with E-state index in [-0.39, 0.29) is 23.0 Å². The normalized spacial score (nSPS) is 10.5. The monoisotopic (exact) mass is 240 g/mol. The Hall–Kier alpha value is -2.31. The van der Waals surface area contributed by atoms with Crippen molar-refractivity contribution in [1.29, 1.82) is 0 Å². The summed E-state index contributed by atoms with van der Waals surface area (Å²) in [6.07, 6.45) is 0. The summed E-state index contributed by atoms with van der Waals surface area (Å²) in [5.41, 5.74) is 10.5. The van der Waals surface area contributed by atoms with Gasteiger partial charge in [-0.25, -0.2) is 18.2 Å². The number of rotatable bonds is 1. The summed E-state index contributed by atoms with van der Waals surface area (Å²) >= 11 is 0. The first-order chi connectivity index (χ1) is 7.97. The Morgan fingerprint density at radius 2 is 1.47 bits per heavy atom. The Kier molecular flexibility index (Phi) is 2.58. The molecule has 0 unspecified atom stereocenters. The highest BCUT2D eigenvalue weighted by Crippen LogP contribution is 2.25. The molecule has 0 amide bonds. The molecule has 88 valence electrons. The maximum Gasteiger partial charge on any atom is 0.222 e. The zero-order chi connectivity index (χ0) is 12.6. The van der Waals surface area contributed by atoms with E-state index in [1.54, 1.807) is 0 Å². The second kappa shape index (κ2) is 3.93. The molecule has 0 aliphatic carbocycles. The van der Waals surface area contributed by atoms with Crippen LogP contribution in [0, 0.1) is 17.5 Å². The van der Waals surface area contributed by atoms with Crippen LogP contribution in [0.25, 0.3) is 11.3 Å². The Balaban J connectivity index is 2.64. The van der Waals surface area contributed by atoms with Gasteiger partial charge in [-0.05, 0) is 6.07 Å². The fourth-order valence-electron chi connectivity index (χ4n) is 1.34. The van der Waals surface area contributed by atoms with Gasteiger partial charge in [0.1, 0.15) is 11.6 Å². The topological polar surface area (TPSA) is 77.8 Å². The van der Waals surface area contributed by atoms with E-state index < -0.39 is 17.5 Å². The van der Waals surface area contributed by atoms with Gasteiger partial charge in [0.25, 0.3) is 0 Å². The van der Waals surface area contributed by atoms with Gasteiger partial charge in [-0.15, -0.1) is 0 Å². The summed E-state index contributed by atoms with van der Waals surface area (Å²) in [4.78, 5) is 7.28. The molecule has 1 aromatic heterocycles. The van der Waals surface area contributed by atoms with Gasteiger partial charge in [-0.2, -0.15) is 4.98 Å². The van der Waals surface area contributed by atoms with Crippen LogP contribution in [0.15, 0.2) is 18.2 Å². The summed E-state index contributed by atoms with van der Waals surface area (Å²) in [5.74, 6) is -3.58. The van der Waals surface area contributed by atoms with Crippen molar-refractivity contribution in [3.63, 3.8) is 0 Å². The number of hydrogen-bond acceptors (Lipinski definition) is 4. The van der Waals surface area contributed by atoms with E-state index in [2.05, 4.69) is 9.97 Å². The summed E-state index contributed by atoms with van der Waals surface area (Å²) < 4.78 is 39.2. The van der Waals surface area contributed by atoms with Crippen molar-refractivity contribution in [2.24, 2.45) is 0 Å². The standard InChI is InChI=1S/C10H7F3N4/c11-5-2-7(13)6(12)1-4(5)8-3-9(14)17-10(15)16-8/h1-3H,(H4,14,15,16,17). The molecule has 2 aromatic rings. The molecular weight excluding hydrogens is 233 g/mol. The number of benzene rings is 1. The zero-order valence-electron chi connectivity index (χ0n) is 8.42. The zero-order valence-corrected chi connectivity index (χ0v) is 8.42. The minimum absolute atomic E-state index is 0.00796. The van der Waals surface area contributed by atoms with E-state index in [4.69, 9.17) is 11.5 Å². The fraction of sp³-hybridized carbons (Fsp3) is 0. The van der Waals surface area contributed by atoms with Gasteiger partial charge in [-0.1, -0.05) is 0 Å². The number of anilines is 2. The molecular formula is C10H7F3N4. The molecule has 2 rings (SSSR count). The van der Waals surface area contributed by atoms with Crippen LogP contribution in [-0.4, -0.2) is 9.97 Å². The SMILES string of the molecule is Nc1cc(-c2cc(F)c(F)cc2F)nc(N)n1. The summed E-state index contributed by atoms with van der Waals surface area (Å²) in [6.45, 7) is 0. The maximum absolute atomic E-state index is 13.4. The molecule has 0 aliphatic rings. The molecule has 4 nitrogen and oxygen atoms in total. The average molecular weight is 240 g/mol. The molecule has 0 saturated heterocycles. The lowest BCUT2D eigenvalue weighted by Gasteiger charge is -2.05. The van der Waals surface area contributed by atoms with Crippen LogP contribution < -0.4 is 11.5 Å². The van der Waals surface area contributed by atoms with Crippen LogP contribution in [0.4, 0.5) is 24.9 Å². The van der Waals surface area contributed by atoms with Crippen molar-refractivity contribution in [2.45, 2.75) is 0 Å². The van der Waals surface area contributed by atoms with Crippen molar-refractivity contribution < 1.29 is 13.2 Å². The van der Waals surface area contributed by atoms with Gasteiger partial charge in [0.05, 0.1) is 5.69 Å². The van der Waals surface area contributed by atoms with E-state index in [0.29, 0.717) is 12.1 Å². The Labute approximate surface area is 94.1 Å². The smallest absolute Gasteiger partial charge is 0.222 e. The molecule has 0 saturated carbocycles. The summed E-state index contributed by atoms with van der Waals surface area (Å²) in [6, 6.07) is 2.33. The lowest BCUT2D eigenvalue weighted by molar-refractivity contribution is 0.496. The van der Waals surface area contributed by atoms with Crippen LogP contribution in [0.3, 0.4) is 0 Å². The van der Waals surface area contributed by atoms with Gasteiger partial charge in [0.2, 0.25) is 5.95 Å². The predicted octanol–water partition coefficient (Wildman–Crippen LogP) is 1.73. The van der Waals surface area contributed by atoms with Crippen molar-refractivity contribution in [3.8, 4) is 11.3 Å². The molecule has 0 spiro atoms. The Bertz CT molecular complexity index is 566. The van der Waals surface area contributed by atoms with Crippen LogP contribution >= 0.6 is 0 Å². The molecule has 1 heterocycles. The van der Waals surface area contributed by atoms with Crippen molar-refractivity contribution in [3.05, 3.63) is 35.7 Å². The minimum Gasteiger partial charge on any atom is -0.384 e. The van der Waals surface area contributed by atoms with E-state index >= 15 is 0 Å². The number of halogens is 3. The largest absolute Gasteiger partial charge is 0.384 e. The molecule has 0 bridgehead atoms. The lowest BCUT2D eigenvalue weighted by atomic mass is 10.1. The molecule has 0 radical (unpaired) electrons. The van der Waals surface area contributed by atoms with Gasteiger partial charge < -0.3 is 11.5 Å². The first-order valence-electron chi connectivity index (χ1n) is 4.52. The Morgan fingerprint density at radius 3 is 2.12 bits per heavy atom. The number of nitrogens with zero attached hydrogens (tertiary/aromatic N) is 2.